The van der Waals surface area contributed by atoms with E-state index < -0.39 is 11.7 Å². The summed E-state index contributed by atoms with van der Waals surface area (Å²) in [6, 6.07) is 8.86. The second-order valence-corrected chi connectivity index (χ2v) is 6.82. The summed E-state index contributed by atoms with van der Waals surface area (Å²) in [6.07, 6.45) is -0.794. The second-order valence-electron chi connectivity index (χ2n) is 6.82. The van der Waals surface area contributed by atoms with Crippen molar-refractivity contribution in [2.45, 2.75) is 31.5 Å². The molecule has 2 aromatic rings. The Hall–Kier alpha value is -2.41. The van der Waals surface area contributed by atoms with Crippen LogP contribution in [0.2, 0.25) is 0 Å². The molecule has 1 saturated heterocycles. The van der Waals surface area contributed by atoms with Crippen LogP contribution in [0, 0.1) is 0 Å². The number of halogens is 3. The van der Waals surface area contributed by atoms with Crippen molar-refractivity contribution in [1.29, 1.82) is 0 Å². The van der Waals surface area contributed by atoms with Crippen LogP contribution in [0.25, 0.3) is 0 Å². The minimum absolute atomic E-state index is 0.0599. The zero-order valence-electron chi connectivity index (χ0n) is 15.0. The van der Waals surface area contributed by atoms with Crippen LogP contribution in [0.15, 0.2) is 48.8 Å². The van der Waals surface area contributed by atoms with E-state index in [2.05, 4.69) is 10.3 Å². The van der Waals surface area contributed by atoms with Crippen LogP contribution < -0.4 is 5.32 Å². The average molecular weight is 377 g/mol. The van der Waals surface area contributed by atoms with Crippen molar-refractivity contribution in [1.82, 2.24) is 15.2 Å². The zero-order chi connectivity index (χ0) is 19.4. The summed E-state index contributed by atoms with van der Waals surface area (Å²) in [7, 11) is 0. The number of piperazine rings is 1. The van der Waals surface area contributed by atoms with E-state index in [1.807, 2.05) is 12.1 Å². The minimum atomic E-state index is -4.39. The van der Waals surface area contributed by atoms with Crippen molar-refractivity contribution in [3.05, 3.63) is 65.5 Å². The Kier molecular flexibility index (Phi) is 5.79. The highest BCUT2D eigenvalue weighted by molar-refractivity contribution is 5.78. The molecule has 0 radical (unpaired) electrons. The van der Waals surface area contributed by atoms with Gasteiger partial charge in [0.05, 0.1) is 11.6 Å². The number of hydrogen-bond donors (Lipinski definition) is 1. The molecule has 4 nitrogen and oxygen atoms in total. The van der Waals surface area contributed by atoms with E-state index in [0.717, 1.165) is 17.7 Å². The molecule has 0 spiro atoms. The third-order valence-electron chi connectivity index (χ3n) is 4.90. The summed E-state index contributed by atoms with van der Waals surface area (Å²) in [4.78, 5) is 18.8. The fourth-order valence-corrected chi connectivity index (χ4v) is 3.39. The van der Waals surface area contributed by atoms with E-state index >= 15 is 0 Å². The van der Waals surface area contributed by atoms with Crippen molar-refractivity contribution in [3.63, 3.8) is 0 Å². The number of carbonyl (C=O) groups is 1. The minimum Gasteiger partial charge on any atom is -0.333 e. The van der Waals surface area contributed by atoms with Gasteiger partial charge in [-0.3, -0.25) is 9.78 Å². The fourth-order valence-electron chi connectivity index (χ4n) is 3.39. The van der Waals surface area contributed by atoms with E-state index in [9.17, 15) is 18.0 Å². The van der Waals surface area contributed by atoms with Crippen LogP contribution in [0.1, 0.15) is 42.0 Å². The Balaban J connectivity index is 1.73. The summed E-state index contributed by atoms with van der Waals surface area (Å²) >= 11 is 0. The SMILES string of the molecule is CC(CC(=O)N1CCNCC1c1cccnc1)c1cccc(C(F)(F)F)c1. The molecule has 1 aliphatic rings. The van der Waals surface area contributed by atoms with E-state index in [4.69, 9.17) is 0 Å². The standard InChI is InChI=1S/C20H22F3N3O/c1-14(15-4-2-6-17(11-15)20(21,22)23)10-19(27)26-9-8-25-13-18(26)16-5-3-7-24-12-16/h2-7,11-12,14,18,25H,8-10,13H2,1H3. The quantitative estimate of drug-likeness (QED) is 0.882. The number of amides is 1. The molecule has 0 bridgehead atoms. The first kappa shape index (κ1) is 19.4. The predicted octanol–water partition coefficient (Wildman–Crippen LogP) is 3.77. The predicted molar refractivity (Wildman–Crippen MR) is 96.0 cm³/mol. The number of nitrogens with zero attached hydrogens (tertiary/aromatic N) is 2. The highest BCUT2D eigenvalue weighted by atomic mass is 19.4. The molecule has 1 aromatic heterocycles. The van der Waals surface area contributed by atoms with E-state index in [1.54, 1.807) is 30.3 Å². The third-order valence-corrected chi connectivity index (χ3v) is 4.90. The molecular formula is C20H22F3N3O. The Morgan fingerprint density at radius 3 is 2.85 bits per heavy atom. The van der Waals surface area contributed by atoms with Crippen LogP contribution in [0.4, 0.5) is 13.2 Å². The highest BCUT2D eigenvalue weighted by Gasteiger charge is 2.32. The van der Waals surface area contributed by atoms with Crippen LogP contribution in [-0.2, 0) is 11.0 Å². The molecule has 1 amide bonds. The number of alkyl halides is 3. The maximum absolute atomic E-state index is 12.9. The Morgan fingerprint density at radius 2 is 2.15 bits per heavy atom. The van der Waals surface area contributed by atoms with E-state index in [1.165, 1.54) is 6.07 Å². The first-order chi connectivity index (χ1) is 12.9. The first-order valence-corrected chi connectivity index (χ1v) is 8.93. The van der Waals surface area contributed by atoms with Crippen molar-refractivity contribution in [2.75, 3.05) is 19.6 Å². The maximum atomic E-state index is 12.9. The molecule has 1 aliphatic heterocycles. The smallest absolute Gasteiger partial charge is 0.333 e. The van der Waals surface area contributed by atoms with Gasteiger partial charge in [-0.05, 0) is 29.2 Å². The number of benzene rings is 1. The lowest BCUT2D eigenvalue weighted by Crippen LogP contribution is -2.48. The molecule has 7 heteroatoms. The second kappa shape index (κ2) is 8.08. The maximum Gasteiger partial charge on any atom is 0.416 e. The van der Waals surface area contributed by atoms with E-state index in [0.29, 0.717) is 25.2 Å². The summed E-state index contributed by atoms with van der Waals surface area (Å²) in [5.41, 5.74) is 0.783. The number of nitrogens with one attached hydrogen (secondary N) is 1. The van der Waals surface area contributed by atoms with Gasteiger partial charge < -0.3 is 10.2 Å². The number of carbonyl (C=O) groups excluding carboxylic acids is 1. The third kappa shape index (κ3) is 4.66. The summed E-state index contributed by atoms with van der Waals surface area (Å²) in [5, 5.41) is 3.28. The number of rotatable bonds is 4. The van der Waals surface area contributed by atoms with Crippen molar-refractivity contribution in [2.24, 2.45) is 0 Å². The molecule has 27 heavy (non-hydrogen) atoms. The van der Waals surface area contributed by atoms with Crippen molar-refractivity contribution < 1.29 is 18.0 Å². The summed E-state index contributed by atoms with van der Waals surface area (Å²) < 4.78 is 38.8. The Morgan fingerprint density at radius 1 is 1.33 bits per heavy atom. The molecule has 1 fully saturated rings. The van der Waals surface area contributed by atoms with Gasteiger partial charge in [-0.2, -0.15) is 13.2 Å². The summed E-state index contributed by atoms with van der Waals surface area (Å²) in [5.74, 6) is -0.362. The highest BCUT2D eigenvalue weighted by Crippen LogP contribution is 2.32. The lowest BCUT2D eigenvalue weighted by Gasteiger charge is -2.37. The molecule has 0 aliphatic carbocycles. The van der Waals surface area contributed by atoms with Crippen molar-refractivity contribution >= 4 is 5.91 Å². The van der Waals surface area contributed by atoms with Gasteiger partial charge in [0, 0.05) is 38.4 Å². The monoisotopic (exact) mass is 377 g/mol. The van der Waals surface area contributed by atoms with Gasteiger partial charge in [0.2, 0.25) is 5.91 Å². The number of pyridine rings is 1. The first-order valence-electron chi connectivity index (χ1n) is 8.93. The van der Waals surface area contributed by atoms with Gasteiger partial charge >= 0.3 is 6.18 Å². The Bertz CT molecular complexity index is 780. The molecule has 0 saturated carbocycles. The molecule has 1 N–H and O–H groups in total. The van der Waals surface area contributed by atoms with Crippen LogP contribution in [-0.4, -0.2) is 35.4 Å². The summed E-state index contributed by atoms with van der Waals surface area (Å²) in [6.45, 7) is 3.68. The van der Waals surface area contributed by atoms with Crippen LogP contribution >= 0.6 is 0 Å². The van der Waals surface area contributed by atoms with Crippen LogP contribution in [0.3, 0.4) is 0 Å². The molecule has 3 rings (SSSR count). The number of aromatic nitrogens is 1. The van der Waals surface area contributed by atoms with Crippen LogP contribution in [0.5, 0.6) is 0 Å². The molecule has 144 valence electrons. The van der Waals surface area contributed by atoms with Gasteiger partial charge in [-0.15, -0.1) is 0 Å². The fraction of sp³-hybridized carbons (Fsp3) is 0.400. The van der Waals surface area contributed by atoms with Gasteiger partial charge in [-0.25, -0.2) is 0 Å². The Labute approximate surface area is 156 Å². The van der Waals surface area contributed by atoms with Gasteiger partial charge in [0.15, 0.2) is 0 Å². The molecule has 1 aromatic carbocycles. The van der Waals surface area contributed by atoms with Gasteiger partial charge in [0.1, 0.15) is 0 Å². The number of hydrogen-bond acceptors (Lipinski definition) is 3. The normalized spacial score (nSPS) is 19.0. The molecule has 2 unspecified atom stereocenters. The van der Waals surface area contributed by atoms with Crippen molar-refractivity contribution in [3.8, 4) is 0 Å². The zero-order valence-corrected chi connectivity index (χ0v) is 15.0. The van der Waals surface area contributed by atoms with Gasteiger partial charge in [-0.1, -0.05) is 31.2 Å². The average Bonchev–Trinajstić information content (AvgIpc) is 2.68. The molecular weight excluding hydrogens is 355 g/mol. The largest absolute Gasteiger partial charge is 0.416 e. The lowest BCUT2D eigenvalue weighted by molar-refractivity contribution is -0.137. The molecule has 2 heterocycles. The lowest BCUT2D eigenvalue weighted by atomic mass is 9.94. The molecule has 2 atom stereocenters. The van der Waals surface area contributed by atoms with E-state index in [-0.39, 0.29) is 24.3 Å². The van der Waals surface area contributed by atoms with Gasteiger partial charge in [0.25, 0.3) is 0 Å². The topological polar surface area (TPSA) is 45.2 Å².